The molecule has 5 nitrogen and oxygen atoms in total. The second-order valence-electron chi connectivity index (χ2n) is 7.76. The summed E-state index contributed by atoms with van der Waals surface area (Å²) in [6.45, 7) is 8.95. The fourth-order valence-corrected chi connectivity index (χ4v) is 3.66. The molecular formula is C20H29NO4. The summed E-state index contributed by atoms with van der Waals surface area (Å²) in [5.41, 5.74) is 1.34. The molecule has 0 aromatic heterocycles. The Kier molecular flexibility index (Phi) is 5.52. The van der Waals surface area contributed by atoms with E-state index in [0.29, 0.717) is 19.8 Å². The van der Waals surface area contributed by atoms with E-state index in [1.54, 1.807) is 0 Å². The summed E-state index contributed by atoms with van der Waals surface area (Å²) >= 11 is 0. The molecule has 0 spiro atoms. The van der Waals surface area contributed by atoms with E-state index >= 15 is 0 Å². The lowest BCUT2D eigenvalue weighted by Crippen LogP contribution is -2.46. The summed E-state index contributed by atoms with van der Waals surface area (Å²) < 4.78 is 16.5. The molecule has 1 saturated heterocycles. The van der Waals surface area contributed by atoms with Crippen LogP contribution >= 0.6 is 0 Å². The molecule has 0 aliphatic carbocycles. The van der Waals surface area contributed by atoms with Gasteiger partial charge in [0.15, 0.2) is 11.5 Å². The molecule has 138 valence electrons. The van der Waals surface area contributed by atoms with Crippen LogP contribution in [0, 0.1) is 5.41 Å². The van der Waals surface area contributed by atoms with Gasteiger partial charge in [-0.2, -0.15) is 0 Å². The van der Waals surface area contributed by atoms with Gasteiger partial charge in [-0.05, 0) is 56.2 Å². The smallest absolute Gasteiger partial charge is 0.231 e. The zero-order valence-electron chi connectivity index (χ0n) is 15.5. The molecular weight excluding hydrogens is 318 g/mol. The van der Waals surface area contributed by atoms with Crippen LogP contribution in [0.25, 0.3) is 0 Å². The zero-order valence-corrected chi connectivity index (χ0v) is 15.5. The second kappa shape index (κ2) is 7.65. The maximum Gasteiger partial charge on any atom is 0.231 e. The number of fused-ring (bicyclic) bond motifs is 1. The molecule has 0 unspecified atom stereocenters. The number of hydrogen-bond acceptors (Lipinski definition) is 4. The number of ether oxygens (including phenoxy) is 3. The Hall–Kier alpha value is -1.75. The second-order valence-corrected chi connectivity index (χ2v) is 7.76. The SMILES string of the molecule is CC(C)OCCCN1C[C@](C)(Cc2ccc3c(c2)OCO3)CCC1=O. The fraction of sp³-hybridized carbons (Fsp3) is 0.650. The number of carbonyl (C=O) groups is 1. The zero-order chi connectivity index (χ0) is 17.9. The molecule has 1 atom stereocenters. The first-order valence-corrected chi connectivity index (χ1v) is 9.23. The molecule has 1 fully saturated rings. The normalized spacial score (nSPS) is 22.7. The van der Waals surface area contributed by atoms with Crippen molar-refractivity contribution in [2.45, 2.75) is 52.6 Å². The minimum absolute atomic E-state index is 0.0977. The van der Waals surface area contributed by atoms with Crippen LogP contribution in [0.1, 0.15) is 45.6 Å². The van der Waals surface area contributed by atoms with Crippen LogP contribution in [-0.2, 0) is 16.0 Å². The summed E-state index contributed by atoms with van der Waals surface area (Å²) in [4.78, 5) is 14.3. The highest BCUT2D eigenvalue weighted by molar-refractivity contribution is 5.77. The van der Waals surface area contributed by atoms with Crippen molar-refractivity contribution in [1.29, 1.82) is 0 Å². The van der Waals surface area contributed by atoms with Crippen LogP contribution in [0.4, 0.5) is 0 Å². The first kappa shape index (κ1) is 18.1. The van der Waals surface area contributed by atoms with Crippen molar-refractivity contribution in [3.8, 4) is 11.5 Å². The molecule has 0 radical (unpaired) electrons. The molecule has 2 heterocycles. The number of piperidine rings is 1. The highest BCUT2D eigenvalue weighted by Crippen LogP contribution is 2.37. The molecule has 0 N–H and O–H groups in total. The standard InChI is InChI=1S/C20H29NO4/c1-15(2)23-10-4-9-21-13-20(3,8-7-19(21)22)12-16-5-6-17-18(11-16)25-14-24-17/h5-6,11,15H,4,7-10,12-14H2,1-3H3/t20-/m0/s1. The Bertz CT molecular complexity index is 616. The minimum atomic E-state index is 0.0977. The van der Waals surface area contributed by atoms with Crippen molar-refractivity contribution in [2.24, 2.45) is 5.41 Å². The average Bonchev–Trinajstić information content (AvgIpc) is 3.02. The number of likely N-dealkylation sites (tertiary alicyclic amines) is 1. The lowest BCUT2D eigenvalue weighted by atomic mass is 9.76. The number of amides is 1. The Morgan fingerprint density at radius 1 is 1.28 bits per heavy atom. The largest absolute Gasteiger partial charge is 0.454 e. The van der Waals surface area contributed by atoms with Gasteiger partial charge in [-0.3, -0.25) is 4.79 Å². The monoisotopic (exact) mass is 347 g/mol. The van der Waals surface area contributed by atoms with Crippen LogP contribution in [0.2, 0.25) is 0 Å². The fourth-order valence-electron chi connectivity index (χ4n) is 3.66. The third-order valence-electron chi connectivity index (χ3n) is 4.96. The Labute approximate surface area is 150 Å². The van der Waals surface area contributed by atoms with Crippen molar-refractivity contribution in [3.63, 3.8) is 0 Å². The van der Waals surface area contributed by atoms with Crippen molar-refractivity contribution in [2.75, 3.05) is 26.5 Å². The summed E-state index contributed by atoms with van der Waals surface area (Å²) in [6.07, 6.45) is 3.64. The molecule has 25 heavy (non-hydrogen) atoms. The molecule has 5 heteroatoms. The highest BCUT2D eigenvalue weighted by Gasteiger charge is 2.35. The van der Waals surface area contributed by atoms with Crippen molar-refractivity contribution in [1.82, 2.24) is 4.90 Å². The third kappa shape index (κ3) is 4.66. The van der Waals surface area contributed by atoms with E-state index in [1.807, 2.05) is 24.8 Å². The number of nitrogens with zero attached hydrogens (tertiary/aromatic N) is 1. The third-order valence-corrected chi connectivity index (χ3v) is 4.96. The number of rotatable bonds is 7. The van der Waals surface area contributed by atoms with Crippen LogP contribution < -0.4 is 9.47 Å². The van der Waals surface area contributed by atoms with Gasteiger partial charge in [0.1, 0.15) is 0 Å². The molecule has 1 aromatic carbocycles. The predicted molar refractivity (Wildman–Crippen MR) is 95.9 cm³/mol. The van der Waals surface area contributed by atoms with E-state index in [9.17, 15) is 4.79 Å². The molecule has 1 amide bonds. The lowest BCUT2D eigenvalue weighted by molar-refractivity contribution is -0.137. The summed E-state index contributed by atoms with van der Waals surface area (Å²) in [5.74, 6) is 1.92. The summed E-state index contributed by atoms with van der Waals surface area (Å²) in [5, 5.41) is 0. The van der Waals surface area contributed by atoms with Gasteiger partial charge in [0.2, 0.25) is 12.7 Å². The van der Waals surface area contributed by atoms with Gasteiger partial charge >= 0.3 is 0 Å². The Morgan fingerprint density at radius 3 is 2.88 bits per heavy atom. The molecule has 0 bridgehead atoms. The van der Waals surface area contributed by atoms with E-state index in [1.165, 1.54) is 5.56 Å². The first-order valence-electron chi connectivity index (χ1n) is 9.23. The van der Waals surface area contributed by atoms with Gasteiger partial charge in [-0.15, -0.1) is 0 Å². The van der Waals surface area contributed by atoms with E-state index in [2.05, 4.69) is 19.1 Å². The van der Waals surface area contributed by atoms with E-state index in [-0.39, 0.29) is 17.4 Å². The maximum atomic E-state index is 12.3. The van der Waals surface area contributed by atoms with Gasteiger partial charge < -0.3 is 19.1 Å². The first-order chi connectivity index (χ1) is 12.0. The summed E-state index contributed by atoms with van der Waals surface area (Å²) in [6, 6.07) is 6.16. The van der Waals surface area contributed by atoms with Crippen molar-refractivity contribution < 1.29 is 19.0 Å². The molecule has 3 rings (SSSR count). The Balaban J connectivity index is 1.58. The Morgan fingerprint density at radius 2 is 2.08 bits per heavy atom. The van der Waals surface area contributed by atoms with Crippen molar-refractivity contribution >= 4 is 5.91 Å². The predicted octanol–water partition coefficient (Wildman–Crippen LogP) is 3.40. The van der Waals surface area contributed by atoms with Gasteiger partial charge in [-0.1, -0.05) is 13.0 Å². The van der Waals surface area contributed by atoms with E-state index < -0.39 is 0 Å². The summed E-state index contributed by atoms with van der Waals surface area (Å²) in [7, 11) is 0. The van der Waals surface area contributed by atoms with Crippen LogP contribution in [-0.4, -0.2) is 43.4 Å². The number of carbonyl (C=O) groups excluding carboxylic acids is 1. The highest BCUT2D eigenvalue weighted by atomic mass is 16.7. The topological polar surface area (TPSA) is 48.0 Å². The van der Waals surface area contributed by atoms with Crippen LogP contribution in [0.15, 0.2) is 18.2 Å². The quantitative estimate of drug-likeness (QED) is 0.709. The van der Waals surface area contributed by atoms with Crippen LogP contribution in [0.3, 0.4) is 0 Å². The minimum Gasteiger partial charge on any atom is -0.454 e. The lowest BCUT2D eigenvalue weighted by Gasteiger charge is -2.40. The van der Waals surface area contributed by atoms with Gasteiger partial charge in [0, 0.05) is 26.1 Å². The van der Waals surface area contributed by atoms with Crippen LogP contribution in [0.5, 0.6) is 11.5 Å². The molecule has 2 aliphatic heterocycles. The number of benzene rings is 1. The van der Waals surface area contributed by atoms with E-state index in [0.717, 1.165) is 43.9 Å². The number of hydrogen-bond donors (Lipinski definition) is 0. The van der Waals surface area contributed by atoms with Gasteiger partial charge in [0.05, 0.1) is 6.10 Å². The molecule has 0 saturated carbocycles. The molecule has 1 aromatic rings. The van der Waals surface area contributed by atoms with Crippen molar-refractivity contribution in [3.05, 3.63) is 23.8 Å². The molecule has 2 aliphatic rings. The maximum absolute atomic E-state index is 12.3. The van der Waals surface area contributed by atoms with Gasteiger partial charge in [-0.25, -0.2) is 0 Å². The van der Waals surface area contributed by atoms with E-state index in [4.69, 9.17) is 14.2 Å². The van der Waals surface area contributed by atoms with Gasteiger partial charge in [0.25, 0.3) is 0 Å². The average molecular weight is 347 g/mol.